The van der Waals surface area contributed by atoms with E-state index in [2.05, 4.69) is 15.2 Å². The molecule has 0 radical (unpaired) electrons. The monoisotopic (exact) mass is 363 g/mol. The Morgan fingerprint density at radius 2 is 1.64 bits per heavy atom. The first-order valence-corrected chi connectivity index (χ1v) is 8.71. The molecule has 1 aromatic heterocycles. The Kier molecular flexibility index (Phi) is 4.63. The third-order valence-electron chi connectivity index (χ3n) is 3.50. The molecule has 2 aromatic carbocycles. The molecule has 3 aromatic rings. The fourth-order valence-corrected chi connectivity index (χ4v) is 2.65. The zero-order chi connectivity index (χ0) is 18.0. The Labute approximate surface area is 144 Å². The first kappa shape index (κ1) is 17.2. The summed E-state index contributed by atoms with van der Waals surface area (Å²) < 4.78 is 49.9. The highest BCUT2D eigenvalue weighted by molar-refractivity contribution is 7.84. The molecule has 0 aliphatic rings. The molecule has 0 N–H and O–H groups in total. The van der Waals surface area contributed by atoms with Crippen molar-refractivity contribution in [2.75, 3.05) is 6.26 Å². The summed E-state index contributed by atoms with van der Waals surface area (Å²) in [6, 6.07) is 12.0. The van der Waals surface area contributed by atoms with Crippen LogP contribution >= 0.6 is 0 Å². The topological polar surface area (TPSA) is 55.7 Å². The number of benzene rings is 2. The second-order valence-electron chi connectivity index (χ2n) is 5.23. The lowest BCUT2D eigenvalue weighted by Crippen LogP contribution is -2.04. The van der Waals surface area contributed by atoms with Crippen molar-refractivity contribution in [1.29, 1.82) is 0 Å². The molecule has 1 heterocycles. The van der Waals surface area contributed by atoms with Crippen molar-refractivity contribution >= 4 is 10.8 Å². The molecule has 0 saturated heterocycles. The van der Waals surface area contributed by atoms with Crippen molar-refractivity contribution in [3.05, 3.63) is 60.3 Å². The van der Waals surface area contributed by atoms with E-state index in [4.69, 9.17) is 0 Å². The minimum atomic E-state index is -4.38. The van der Waals surface area contributed by atoms with Gasteiger partial charge < -0.3 is 0 Å². The maximum absolute atomic E-state index is 12.8. The molecule has 25 heavy (non-hydrogen) atoms. The van der Waals surface area contributed by atoms with Crippen LogP contribution in [0.4, 0.5) is 13.2 Å². The van der Waals surface area contributed by atoms with Gasteiger partial charge in [0.25, 0.3) is 0 Å². The summed E-state index contributed by atoms with van der Waals surface area (Å²) in [5.74, 6) is 0. The van der Waals surface area contributed by atoms with Crippen molar-refractivity contribution in [1.82, 2.24) is 15.2 Å². The van der Waals surface area contributed by atoms with E-state index in [1.165, 1.54) is 18.5 Å². The molecular weight excluding hydrogens is 351 g/mol. The van der Waals surface area contributed by atoms with Gasteiger partial charge >= 0.3 is 6.18 Å². The summed E-state index contributed by atoms with van der Waals surface area (Å²) in [4.78, 5) is 4.17. The van der Waals surface area contributed by atoms with Crippen molar-refractivity contribution in [3.63, 3.8) is 0 Å². The highest BCUT2D eigenvalue weighted by Crippen LogP contribution is 2.32. The number of rotatable bonds is 3. The standard InChI is InChI=1S/C17H12F3N3OS/c1-25(24)16-22-15(10-21-23-16)12-7-5-11(6-8-12)13-3-2-4-14(9-13)17(18,19)20/h2-10H,1H3. The van der Waals surface area contributed by atoms with Crippen LogP contribution in [0.1, 0.15) is 5.56 Å². The first-order chi connectivity index (χ1) is 11.8. The van der Waals surface area contributed by atoms with Gasteiger partial charge in [-0.15, -0.1) is 5.10 Å². The van der Waals surface area contributed by atoms with Crippen LogP contribution in [0.5, 0.6) is 0 Å². The molecule has 1 unspecified atom stereocenters. The van der Waals surface area contributed by atoms with Crippen LogP contribution in [0.3, 0.4) is 0 Å². The van der Waals surface area contributed by atoms with Crippen LogP contribution in [0.2, 0.25) is 0 Å². The lowest BCUT2D eigenvalue weighted by atomic mass is 10.0. The van der Waals surface area contributed by atoms with E-state index in [0.29, 0.717) is 22.4 Å². The smallest absolute Gasteiger partial charge is 0.251 e. The zero-order valence-corrected chi connectivity index (χ0v) is 13.8. The van der Waals surface area contributed by atoms with Crippen LogP contribution in [0.25, 0.3) is 22.4 Å². The average molecular weight is 363 g/mol. The average Bonchev–Trinajstić information content (AvgIpc) is 2.61. The number of alkyl halides is 3. The molecule has 0 amide bonds. The molecule has 0 bridgehead atoms. The third-order valence-corrected chi connectivity index (χ3v) is 4.19. The molecule has 1 atom stereocenters. The van der Waals surface area contributed by atoms with Crippen LogP contribution in [0.15, 0.2) is 59.9 Å². The normalized spacial score (nSPS) is 12.8. The molecule has 0 aliphatic carbocycles. The van der Waals surface area contributed by atoms with Gasteiger partial charge in [-0.05, 0) is 23.3 Å². The predicted molar refractivity (Wildman–Crippen MR) is 88.0 cm³/mol. The van der Waals surface area contributed by atoms with Crippen molar-refractivity contribution in [2.24, 2.45) is 0 Å². The van der Waals surface area contributed by atoms with Gasteiger partial charge in [0.2, 0.25) is 5.16 Å². The quantitative estimate of drug-likeness (QED) is 0.707. The number of aromatic nitrogens is 3. The number of halogens is 3. The minimum Gasteiger partial charge on any atom is -0.251 e. The van der Waals surface area contributed by atoms with Gasteiger partial charge in [0, 0.05) is 11.8 Å². The first-order valence-electron chi connectivity index (χ1n) is 7.16. The Bertz CT molecular complexity index is 927. The molecule has 0 spiro atoms. The highest BCUT2D eigenvalue weighted by Gasteiger charge is 2.30. The summed E-state index contributed by atoms with van der Waals surface area (Å²) in [7, 11) is -1.35. The highest BCUT2D eigenvalue weighted by atomic mass is 32.2. The van der Waals surface area contributed by atoms with Crippen molar-refractivity contribution in [3.8, 4) is 22.4 Å². The summed E-state index contributed by atoms with van der Waals surface area (Å²) in [6.07, 6.45) is -1.48. The fraction of sp³-hybridized carbons (Fsp3) is 0.118. The van der Waals surface area contributed by atoms with Gasteiger partial charge in [-0.3, -0.25) is 4.21 Å². The van der Waals surface area contributed by atoms with E-state index in [-0.39, 0.29) is 5.16 Å². The van der Waals surface area contributed by atoms with E-state index >= 15 is 0 Å². The Morgan fingerprint density at radius 1 is 0.960 bits per heavy atom. The lowest BCUT2D eigenvalue weighted by molar-refractivity contribution is -0.137. The van der Waals surface area contributed by atoms with Gasteiger partial charge in [-0.2, -0.15) is 18.3 Å². The van der Waals surface area contributed by atoms with Gasteiger partial charge in [0.05, 0.1) is 28.3 Å². The molecule has 4 nitrogen and oxygen atoms in total. The Balaban J connectivity index is 1.93. The van der Waals surface area contributed by atoms with E-state index < -0.39 is 22.5 Å². The Morgan fingerprint density at radius 3 is 2.28 bits per heavy atom. The lowest BCUT2D eigenvalue weighted by Gasteiger charge is -2.09. The minimum absolute atomic E-state index is 0.124. The molecule has 0 fully saturated rings. The summed E-state index contributed by atoms with van der Waals surface area (Å²) in [5.41, 5.74) is 1.63. The second-order valence-corrected chi connectivity index (χ2v) is 6.51. The fourth-order valence-electron chi connectivity index (χ4n) is 2.26. The predicted octanol–water partition coefficient (Wildman–Crippen LogP) is 3.96. The van der Waals surface area contributed by atoms with E-state index in [1.54, 1.807) is 30.3 Å². The second kappa shape index (κ2) is 6.72. The molecule has 3 rings (SSSR count). The Hall–Kier alpha value is -2.61. The van der Waals surface area contributed by atoms with E-state index in [0.717, 1.165) is 12.1 Å². The molecule has 8 heteroatoms. The number of hydrogen-bond donors (Lipinski definition) is 0. The molecular formula is C17H12F3N3OS. The van der Waals surface area contributed by atoms with Crippen LogP contribution in [-0.2, 0) is 17.0 Å². The van der Waals surface area contributed by atoms with Gasteiger partial charge in [0.15, 0.2) is 0 Å². The number of nitrogens with zero attached hydrogens (tertiary/aromatic N) is 3. The van der Waals surface area contributed by atoms with Crippen LogP contribution < -0.4 is 0 Å². The number of hydrogen-bond acceptors (Lipinski definition) is 4. The van der Waals surface area contributed by atoms with Crippen LogP contribution in [0, 0.1) is 0 Å². The van der Waals surface area contributed by atoms with Gasteiger partial charge in [-0.1, -0.05) is 36.4 Å². The molecule has 0 saturated carbocycles. The summed E-state index contributed by atoms with van der Waals surface area (Å²) in [6.45, 7) is 0. The van der Waals surface area contributed by atoms with E-state index in [9.17, 15) is 17.4 Å². The summed E-state index contributed by atoms with van der Waals surface area (Å²) in [5, 5.41) is 7.59. The SMILES string of the molecule is CS(=O)c1nncc(-c2ccc(-c3cccc(C(F)(F)F)c3)cc2)n1. The van der Waals surface area contributed by atoms with Crippen molar-refractivity contribution < 1.29 is 17.4 Å². The maximum atomic E-state index is 12.8. The summed E-state index contributed by atoms with van der Waals surface area (Å²) >= 11 is 0. The van der Waals surface area contributed by atoms with Crippen LogP contribution in [-0.4, -0.2) is 25.6 Å². The maximum Gasteiger partial charge on any atom is 0.416 e. The molecule has 128 valence electrons. The largest absolute Gasteiger partial charge is 0.416 e. The zero-order valence-electron chi connectivity index (χ0n) is 13.0. The van der Waals surface area contributed by atoms with E-state index in [1.807, 2.05) is 0 Å². The van der Waals surface area contributed by atoms with Gasteiger partial charge in [0.1, 0.15) is 0 Å². The third kappa shape index (κ3) is 3.90. The molecule has 0 aliphatic heterocycles. The van der Waals surface area contributed by atoms with Crippen molar-refractivity contribution in [2.45, 2.75) is 11.3 Å². The van der Waals surface area contributed by atoms with Gasteiger partial charge in [-0.25, -0.2) is 4.98 Å².